The molecule has 0 fully saturated rings. The summed E-state index contributed by atoms with van der Waals surface area (Å²) < 4.78 is 18.6. The zero-order valence-corrected chi connectivity index (χ0v) is 23.1. The maximum absolute atomic E-state index is 13.9. The van der Waals surface area contributed by atoms with Crippen molar-refractivity contribution in [3.63, 3.8) is 0 Å². The van der Waals surface area contributed by atoms with E-state index in [4.69, 9.17) is 4.74 Å². The van der Waals surface area contributed by atoms with Crippen LogP contribution in [0.1, 0.15) is 30.0 Å². The average molecular weight is 545 g/mol. The van der Waals surface area contributed by atoms with E-state index in [1.165, 1.54) is 19.2 Å². The molecule has 2 N–H and O–H groups in total. The first-order chi connectivity index (χ1) is 19.2. The molecule has 0 aliphatic carbocycles. The second-order valence-corrected chi connectivity index (χ2v) is 9.84. The summed E-state index contributed by atoms with van der Waals surface area (Å²) in [6.45, 7) is 3.01. The largest absolute Gasteiger partial charge is 0.469 e. The second kappa shape index (κ2) is 12.6. The van der Waals surface area contributed by atoms with Crippen molar-refractivity contribution in [2.45, 2.75) is 19.8 Å². The predicted molar refractivity (Wildman–Crippen MR) is 155 cm³/mol. The molecule has 1 heterocycles. The van der Waals surface area contributed by atoms with E-state index in [9.17, 15) is 18.8 Å². The van der Waals surface area contributed by atoms with Gasteiger partial charge in [-0.2, -0.15) is 0 Å². The van der Waals surface area contributed by atoms with E-state index in [-0.39, 0.29) is 24.2 Å². The molecule has 2 amide bonds. The molecule has 4 rings (SSSR count). The van der Waals surface area contributed by atoms with Gasteiger partial charge in [0, 0.05) is 30.4 Å². The van der Waals surface area contributed by atoms with Crippen LogP contribution in [0.25, 0.3) is 11.3 Å². The normalized spacial score (nSPS) is 13.5. The molecule has 3 aromatic rings. The Morgan fingerprint density at radius 2 is 1.68 bits per heavy atom. The quantitative estimate of drug-likeness (QED) is 0.282. The second-order valence-electron chi connectivity index (χ2n) is 9.84. The molecule has 0 atom stereocenters. The van der Waals surface area contributed by atoms with Gasteiger partial charge in [0.25, 0.3) is 5.91 Å². The molecular formula is C31H33FN4O4. The molecule has 9 heteroatoms. The lowest BCUT2D eigenvalue weighted by molar-refractivity contribution is -0.139. The highest BCUT2D eigenvalue weighted by molar-refractivity contribution is 6.37. The van der Waals surface area contributed by atoms with E-state index in [1.54, 1.807) is 30.0 Å². The molecule has 0 spiro atoms. The predicted octanol–water partition coefficient (Wildman–Crippen LogP) is 4.78. The number of amides is 2. The molecule has 1 aliphatic heterocycles. The zero-order valence-electron chi connectivity index (χ0n) is 23.1. The number of nitrogens with one attached hydrogen (secondary N) is 2. The van der Waals surface area contributed by atoms with Gasteiger partial charge in [-0.15, -0.1) is 0 Å². The molecule has 0 aromatic heterocycles. The third kappa shape index (κ3) is 6.73. The van der Waals surface area contributed by atoms with Crippen LogP contribution in [-0.2, 0) is 25.5 Å². The number of rotatable bonds is 10. The zero-order chi connectivity index (χ0) is 28.8. The Labute approximate surface area is 233 Å². The van der Waals surface area contributed by atoms with Gasteiger partial charge in [-0.05, 0) is 80.7 Å². The van der Waals surface area contributed by atoms with Crippen molar-refractivity contribution in [1.29, 1.82) is 0 Å². The van der Waals surface area contributed by atoms with Crippen LogP contribution < -0.4 is 15.5 Å². The van der Waals surface area contributed by atoms with Gasteiger partial charge in [0.05, 0.1) is 30.5 Å². The molecule has 8 nitrogen and oxygen atoms in total. The molecule has 3 aromatic carbocycles. The van der Waals surface area contributed by atoms with Crippen molar-refractivity contribution in [1.82, 2.24) is 4.90 Å². The van der Waals surface area contributed by atoms with Crippen molar-refractivity contribution in [2.75, 3.05) is 49.8 Å². The van der Waals surface area contributed by atoms with Crippen LogP contribution in [0.4, 0.5) is 21.5 Å². The highest BCUT2D eigenvalue weighted by atomic mass is 19.1. The van der Waals surface area contributed by atoms with Gasteiger partial charge in [-0.3, -0.25) is 14.4 Å². The van der Waals surface area contributed by atoms with Crippen molar-refractivity contribution in [2.24, 2.45) is 0 Å². The molecule has 0 bridgehead atoms. The Morgan fingerprint density at radius 3 is 2.30 bits per heavy atom. The van der Waals surface area contributed by atoms with E-state index in [1.807, 2.05) is 50.5 Å². The first kappa shape index (κ1) is 28.5. The Hall–Kier alpha value is -4.50. The smallest absolute Gasteiger partial charge is 0.309 e. The summed E-state index contributed by atoms with van der Waals surface area (Å²) in [5.74, 6) is -1.20. The number of ether oxygens (including phenoxy) is 1. The number of fused-ring (bicyclic) bond motifs is 1. The van der Waals surface area contributed by atoms with E-state index in [2.05, 4.69) is 15.5 Å². The number of carbonyl (C=O) groups is 3. The molecule has 0 saturated carbocycles. The fraction of sp³-hybridized carbons (Fsp3) is 0.258. The molecule has 208 valence electrons. The third-order valence-electron chi connectivity index (χ3n) is 6.61. The summed E-state index contributed by atoms with van der Waals surface area (Å²) in [4.78, 5) is 41.0. The number of carbonyl (C=O) groups excluding carboxylic acids is 3. The molecular weight excluding hydrogens is 511 g/mol. The van der Waals surface area contributed by atoms with Gasteiger partial charge < -0.3 is 25.2 Å². The van der Waals surface area contributed by atoms with Crippen LogP contribution in [0.3, 0.4) is 0 Å². The highest BCUT2D eigenvalue weighted by Gasteiger charge is 2.29. The number of benzene rings is 3. The average Bonchev–Trinajstić information content (AvgIpc) is 3.24. The minimum absolute atomic E-state index is 0.0409. The maximum atomic E-state index is 13.9. The van der Waals surface area contributed by atoms with Crippen LogP contribution in [0, 0.1) is 5.82 Å². The number of esters is 1. The van der Waals surface area contributed by atoms with Crippen molar-refractivity contribution in [3.8, 4) is 0 Å². The Kier molecular flexibility index (Phi) is 8.96. The summed E-state index contributed by atoms with van der Waals surface area (Å²) in [7, 11) is 5.33. The van der Waals surface area contributed by atoms with E-state index in [0.29, 0.717) is 40.3 Å². The minimum atomic E-state index is -0.446. The van der Waals surface area contributed by atoms with E-state index >= 15 is 0 Å². The Balaban J connectivity index is 1.69. The van der Waals surface area contributed by atoms with E-state index in [0.717, 1.165) is 24.2 Å². The number of halogens is 1. The fourth-order valence-corrected chi connectivity index (χ4v) is 4.58. The number of hydrogen-bond acceptors (Lipinski definition) is 6. The monoisotopic (exact) mass is 544 g/mol. The molecule has 1 aliphatic rings. The van der Waals surface area contributed by atoms with Gasteiger partial charge >= 0.3 is 5.97 Å². The first-order valence-electron chi connectivity index (χ1n) is 13.0. The van der Waals surface area contributed by atoms with E-state index < -0.39 is 5.82 Å². The number of nitrogens with zero attached hydrogens (tertiary/aromatic N) is 2. The summed E-state index contributed by atoms with van der Waals surface area (Å²) in [6.07, 6.45) is 0.964. The third-order valence-corrected chi connectivity index (χ3v) is 6.61. The van der Waals surface area contributed by atoms with Crippen molar-refractivity contribution in [3.05, 3.63) is 89.2 Å². The number of methoxy groups -OCH3 is 1. The lowest BCUT2D eigenvalue weighted by Gasteiger charge is -2.23. The topological polar surface area (TPSA) is 91.0 Å². The first-order valence-corrected chi connectivity index (χ1v) is 13.0. The van der Waals surface area contributed by atoms with Crippen LogP contribution in [0.15, 0.2) is 66.7 Å². The summed E-state index contributed by atoms with van der Waals surface area (Å²) in [6, 6.07) is 18.8. The Bertz CT molecular complexity index is 1430. The van der Waals surface area contributed by atoms with Crippen LogP contribution >= 0.6 is 0 Å². The number of anilines is 3. The van der Waals surface area contributed by atoms with Crippen LogP contribution in [0.5, 0.6) is 0 Å². The molecule has 0 unspecified atom stereocenters. The van der Waals surface area contributed by atoms with Crippen molar-refractivity contribution < 1.29 is 23.5 Å². The van der Waals surface area contributed by atoms with Gasteiger partial charge in [-0.25, -0.2) is 4.39 Å². The SMILES string of the molecule is COC(=O)Cc1ccc(/C(Nc2ccc(N(CCCN(C)C)C(C)=O)cc2)=C2/C(=O)Nc3cc(F)ccc32)cc1. The van der Waals surface area contributed by atoms with Gasteiger partial charge in [0.2, 0.25) is 5.91 Å². The summed E-state index contributed by atoms with van der Waals surface area (Å²) in [5.41, 5.74) is 4.81. The molecule has 0 saturated heterocycles. The summed E-state index contributed by atoms with van der Waals surface area (Å²) in [5, 5.41) is 6.12. The molecule has 0 radical (unpaired) electrons. The minimum Gasteiger partial charge on any atom is -0.469 e. The van der Waals surface area contributed by atoms with Crippen molar-refractivity contribution >= 4 is 46.1 Å². The highest BCUT2D eigenvalue weighted by Crippen LogP contribution is 2.38. The Morgan fingerprint density at radius 1 is 0.975 bits per heavy atom. The summed E-state index contributed by atoms with van der Waals surface area (Å²) >= 11 is 0. The van der Waals surface area contributed by atoms with Gasteiger partial charge in [0.1, 0.15) is 5.82 Å². The fourth-order valence-electron chi connectivity index (χ4n) is 4.58. The lowest BCUT2D eigenvalue weighted by atomic mass is 9.98. The maximum Gasteiger partial charge on any atom is 0.309 e. The standard InChI is InChI=1S/C31H33FN4O4/c1-20(37)36(17-5-16-35(2)3)25-13-11-24(12-14-25)33-30(22-8-6-21(7-9-22)18-28(38)40-4)29-26-15-10-23(32)19-27(26)34-31(29)39/h6-15,19,33H,5,16-18H2,1-4H3,(H,34,39)/b30-29-. The van der Waals surface area contributed by atoms with Crippen LogP contribution in [0.2, 0.25) is 0 Å². The van der Waals surface area contributed by atoms with Gasteiger partial charge in [-0.1, -0.05) is 24.3 Å². The number of hydrogen-bond donors (Lipinski definition) is 2. The lowest BCUT2D eigenvalue weighted by Crippen LogP contribution is -2.31. The molecule has 40 heavy (non-hydrogen) atoms. The van der Waals surface area contributed by atoms with Gasteiger partial charge in [0.15, 0.2) is 0 Å². The van der Waals surface area contributed by atoms with Crippen LogP contribution in [-0.4, -0.2) is 57.0 Å².